The van der Waals surface area contributed by atoms with Gasteiger partial charge in [0.2, 0.25) is 0 Å². The van der Waals surface area contributed by atoms with Gasteiger partial charge in [-0.3, -0.25) is 0 Å². The van der Waals surface area contributed by atoms with E-state index in [-0.39, 0.29) is 11.9 Å². The zero-order valence-electron chi connectivity index (χ0n) is 12.9. The van der Waals surface area contributed by atoms with Gasteiger partial charge >= 0.3 is 0 Å². The largest absolute Gasteiger partial charge is 0.432 e. The molecule has 1 aromatic heterocycles. The van der Waals surface area contributed by atoms with Crippen molar-refractivity contribution in [3.05, 3.63) is 47.6 Å². The van der Waals surface area contributed by atoms with Crippen LogP contribution < -0.4 is 10.2 Å². The Morgan fingerprint density at radius 2 is 2.00 bits per heavy atom. The lowest BCUT2D eigenvalue weighted by molar-refractivity contribution is 0.514. The Kier molecular flexibility index (Phi) is 4.96. The maximum absolute atomic E-state index is 13.8. The zero-order chi connectivity index (χ0) is 15.4. The number of oxazole rings is 1. The number of halogens is 1. The highest BCUT2D eigenvalue weighted by Crippen LogP contribution is 2.26. The summed E-state index contributed by atoms with van der Waals surface area (Å²) in [5.74, 6) is -0.217. The maximum atomic E-state index is 13.8. The van der Waals surface area contributed by atoms with Gasteiger partial charge in [0.05, 0.1) is 11.7 Å². The van der Waals surface area contributed by atoms with Crippen molar-refractivity contribution in [3.8, 4) is 0 Å². The number of rotatable bonds is 6. The van der Waals surface area contributed by atoms with E-state index in [1.807, 2.05) is 24.9 Å². The van der Waals surface area contributed by atoms with Crippen LogP contribution in [0.2, 0.25) is 0 Å². The van der Waals surface area contributed by atoms with Crippen molar-refractivity contribution in [3.63, 3.8) is 0 Å². The quantitative estimate of drug-likeness (QED) is 0.884. The molecule has 1 atom stereocenters. The normalized spacial score (nSPS) is 12.7. The molecule has 4 nitrogen and oxygen atoms in total. The summed E-state index contributed by atoms with van der Waals surface area (Å²) < 4.78 is 19.3. The number of hydrogen-bond acceptors (Lipinski definition) is 4. The van der Waals surface area contributed by atoms with Crippen molar-refractivity contribution in [1.29, 1.82) is 0 Å². The van der Waals surface area contributed by atoms with Gasteiger partial charge < -0.3 is 14.6 Å². The van der Waals surface area contributed by atoms with Crippen LogP contribution in [0, 0.1) is 5.82 Å². The van der Waals surface area contributed by atoms with E-state index in [0.717, 1.165) is 5.69 Å². The van der Waals surface area contributed by atoms with Crippen LogP contribution in [0.15, 0.2) is 34.9 Å². The molecule has 0 radical (unpaired) electrons. The molecule has 1 aromatic carbocycles. The minimum atomic E-state index is -0.217. The zero-order valence-corrected chi connectivity index (χ0v) is 12.9. The first-order chi connectivity index (χ1) is 9.99. The minimum Gasteiger partial charge on any atom is -0.432 e. The molecule has 0 spiro atoms. The van der Waals surface area contributed by atoms with Crippen LogP contribution in [0.25, 0.3) is 0 Å². The van der Waals surface area contributed by atoms with E-state index in [2.05, 4.69) is 24.1 Å². The third-order valence-corrected chi connectivity index (χ3v) is 3.47. The van der Waals surface area contributed by atoms with Crippen LogP contribution in [0.4, 0.5) is 10.4 Å². The molecular formula is C16H22FN3O. The lowest BCUT2D eigenvalue weighted by atomic mass is 10.1. The highest BCUT2D eigenvalue weighted by atomic mass is 19.1. The van der Waals surface area contributed by atoms with E-state index in [1.54, 1.807) is 18.4 Å². The lowest BCUT2D eigenvalue weighted by Crippen LogP contribution is -2.24. The van der Waals surface area contributed by atoms with Crippen LogP contribution in [0.5, 0.6) is 0 Å². The smallest absolute Gasteiger partial charge is 0.297 e. The minimum absolute atomic E-state index is 0.157. The van der Waals surface area contributed by atoms with Gasteiger partial charge in [0.1, 0.15) is 12.1 Å². The van der Waals surface area contributed by atoms with Gasteiger partial charge in [-0.25, -0.2) is 4.39 Å². The molecule has 0 bridgehead atoms. The fourth-order valence-corrected chi connectivity index (χ4v) is 2.04. The number of benzene rings is 1. The summed E-state index contributed by atoms with van der Waals surface area (Å²) in [6, 6.07) is 7.48. The number of anilines is 1. The van der Waals surface area contributed by atoms with E-state index in [4.69, 9.17) is 4.42 Å². The number of nitrogens with zero attached hydrogens (tertiary/aromatic N) is 2. The molecule has 1 heterocycles. The highest BCUT2D eigenvalue weighted by Gasteiger charge is 2.19. The Balaban J connectivity index is 2.09. The van der Waals surface area contributed by atoms with Gasteiger partial charge in [-0.2, -0.15) is 4.98 Å². The molecule has 0 fully saturated rings. The lowest BCUT2D eigenvalue weighted by Gasteiger charge is -2.23. The predicted octanol–water partition coefficient (Wildman–Crippen LogP) is 3.51. The van der Waals surface area contributed by atoms with Crippen LogP contribution >= 0.6 is 0 Å². The van der Waals surface area contributed by atoms with Crippen molar-refractivity contribution < 1.29 is 8.81 Å². The summed E-state index contributed by atoms with van der Waals surface area (Å²) >= 11 is 0. The predicted molar refractivity (Wildman–Crippen MR) is 81.7 cm³/mol. The van der Waals surface area contributed by atoms with Crippen LogP contribution in [-0.4, -0.2) is 18.1 Å². The molecule has 1 unspecified atom stereocenters. The van der Waals surface area contributed by atoms with E-state index in [9.17, 15) is 4.39 Å². The molecule has 0 aliphatic carbocycles. The molecule has 5 heteroatoms. The molecule has 0 amide bonds. The molecule has 2 rings (SSSR count). The second-order valence-electron chi connectivity index (χ2n) is 5.47. The molecular weight excluding hydrogens is 269 g/mol. The summed E-state index contributed by atoms with van der Waals surface area (Å²) in [5, 5.41) is 3.28. The summed E-state index contributed by atoms with van der Waals surface area (Å²) in [7, 11) is 1.85. The summed E-state index contributed by atoms with van der Waals surface area (Å²) in [5.41, 5.74) is 1.46. The van der Waals surface area contributed by atoms with Gasteiger partial charge in [-0.1, -0.05) is 32.0 Å². The van der Waals surface area contributed by atoms with Crippen LogP contribution in [0.1, 0.15) is 38.1 Å². The number of nitrogens with one attached hydrogen (secondary N) is 1. The monoisotopic (exact) mass is 291 g/mol. The van der Waals surface area contributed by atoms with Crippen molar-refractivity contribution in [2.24, 2.45) is 0 Å². The van der Waals surface area contributed by atoms with E-state index in [1.165, 1.54) is 6.07 Å². The van der Waals surface area contributed by atoms with Crippen molar-refractivity contribution in [2.45, 2.75) is 39.4 Å². The Morgan fingerprint density at radius 3 is 2.67 bits per heavy atom. The topological polar surface area (TPSA) is 41.3 Å². The second kappa shape index (κ2) is 6.72. The van der Waals surface area contributed by atoms with Gasteiger partial charge in [-0.15, -0.1) is 0 Å². The Labute approximate surface area is 125 Å². The molecule has 1 N–H and O–H groups in total. The molecule has 0 saturated carbocycles. The number of aromatic nitrogens is 1. The van der Waals surface area contributed by atoms with Crippen molar-refractivity contribution in [1.82, 2.24) is 10.3 Å². The van der Waals surface area contributed by atoms with Crippen molar-refractivity contribution in [2.75, 3.05) is 11.9 Å². The summed E-state index contributed by atoms with van der Waals surface area (Å²) in [4.78, 5) is 6.26. The van der Waals surface area contributed by atoms with Gasteiger partial charge in [0, 0.05) is 25.2 Å². The first-order valence-electron chi connectivity index (χ1n) is 7.14. The molecule has 0 aliphatic heterocycles. The van der Waals surface area contributed by atoms with Crippen molar-refractivity contribution >= 4 is 6.01 Å². The van der Waals surface area contributed by atoms with Gasteiger partial charge in [-0.05, 0) is 13.0 Å². The molecule has 2 aromatic rings. The maximum Gasteiger partial charge on any atom is 0.297 e. The molecule has 21 heavy (non-hydrogen) atoms. The third kappa shape index (κ3) is 3.82. The average Bonchev–Trinajstić information content (AvgIpc) is 2.93. The summed E-state index contributed by atoms with van der Waals surface area (Å²) in [6.07, 6.45) is 1.63. The number of hydrogen-bond donors (Lipinski definition) is 1. The van der Waals surface area contributed by atoms with E-state index in [0.29, 0.717) is 24.2 Å². The van der Waals surface area contributed by atoms with Gasteiger partial charge in [0.15, 0.2) is 0 Å². The van der Waals surface area contributed by atoms with Crippen LogP contribution in [-0.2, 0) is 6.54 Å². The first-order valence-corrected chi connectivity index (χ1v) is 7.14. The van der Waals surface area contributed by atoms with Crippen LogP contribution in [0.3, 0.4) is 0 Å². The highest BCUT2D eigenvalue weighted by molar-refractivity contribution is 5.33. The van der Waals surface area contributed by atoms with E-state index < -0.39 is 0 Å². The Morgan fingerprint density at radius 1 is 1.29 bits per heavy atom. The molecule has 0 saturated heterocycles. The average molecular weight is 291 g/mol. The third-order valence-electron chi connectivity index (χ3n) is 3.47. The van der Waals surface area contributed by atoms with E-state index >= 15 is 0 Å². The molecule has 0 aliphatic rings. The molecule has 114 valence electrons. The fourth-order valence-electron chi connectivity index (χ4n) is 2.04. The van der Waals surface area contributed by atoms with Gasteiger partial charge in [0.25, 0.3) is 6.01 Å². The SMILES string of the molecule is CC(C)NCc1coc(N(C)C(C)c2ccccc2F)n1. The Bertz CT molecular complexity index is 582. The Hall–Kier alpha value is -1.88. The summed E-state index contributed by atoms with van der Waals surface area (Å²) in [6.45, 7) is 6.73. The standard InChI is InChI=1S/C16H22FN3O/c1-11(2)18-9-13-10-21-16(19-13)20(4)12(3)14-7-5-6-8-15(14)17/h5-8,10-12,18H,9H2,1-4H3. The second-order valence-corrected chi connectivity index (χ2v) is 5.47. The fraction of sp³-hybridized carbons (Fsp3) is 0.438. The first kappa shape index (κ1) is 15.5.